The maximum atomic E-state index is 12.6. The lowest BCUT2D eigenvalue weighted by Crippen LogP contribution is -2.31. The summed E-state index contributed by atoms with van der Waals surface area (Å²) in [7, 11) is -11.6. The Morgan fingerprint density at radius 1 is 0.585 bits per heavy atom. The van der Waals surface area contributed by atoms with Gasteiger partial charge in [0.05, 0.1) is 33.5 Å². The first kappa shape index (κ1) is 53.5. The van der Waals surface area contributed by atoms with E-state index in [1.54, 1.807) is 18.2 Å². The SMILES string of the molecule is COC(=O)CCCCCC1(C)C(C)=[N+](CCCCCC(=O)NCCCNC(=O)CCCCCC2(C)C(C)=[N+](CCCS(=O)(=O)O)c3ccc(S(=O)(=O)O)cc32)c2ccc(S(=O)(=O)O)cc21. The number of ether oxygens (including phenoxy) is 1. The quantitative estimate of drug-likeness (QED) is 0.0277. The van der Waals surface area contributed by atoms with Crippen LogP contribution in [-0.2, 0) is 60.3 Å². The number of methoxy groups -OCH3 is 1. The molecule has 17 nitrogen and oxygen atoms in total. The van der Waals surface area contributed by atoms with Gasteiger partial charge in [0.25, 0.3) is 30.4 Å². The molecule has 2 aliphatic heterocycles. The summed E-state index contributed by atoms with van der Waals surface area (Å²) in [5, 5.41) is 5.82. The average Bonchev–Trinajstić information content (AvgIpc) is 3.56. The fourth-order valence-corrected chi connectivity index (χ4v) is 10.6. The van der Waals surface area contributed by atoms with E-state index in [4.69, 9.17) is 4.74 Å². The van der Waals surface area contributed by atoms with E-state index in [0.29, 0.717) is 88.7 Å². The van der Waals surface area contributed by atoms with Gasteiger partial charge < -0.3 is 15.4 Å². The summed E-state index contributed by atoms with van der Waals surface area (Å²) in [5.41, 5.74) is 4.05. The number of carbonyl (C=O) groups excluding carboxylic acids is 3. The summed E-state index contributed by atoms with van der Waals surface area (Å²) in [6, 6.07) is 9.09. The van der Waals surface area contributed by atoms with E-state index >= 15 is 0 Å². The second-order valence-corrected chi connectivity index (χ2v) is 22.1. The molecule has 0 aliphatic carbocycles. The van der Waals surface area contributed by atoms with Crippen molar-refractivity contribution in [1.82, 2.24) is 10.6 Å². The van der Waals surface area contributed by atoms with Crippen molar-refractivity contribution in [3.05, 3.63) is 47.5 Å². The lowest BCUT2D eigenvalue weighted by molar-refractivity contribution is -0.439. The van der Waals surface area contributed by atoms with Crippen LogP contribution in [0, 0.1) is 0 Å². The van der Waals surface area contributed by atoms with Crippen molar-refractivity contribution in [2.24, 2.45) is 0 Å². The number of carbonyl (C=O) groups is 3. The third kappa shape index (κ3) is 14.7. The Bertz CT molecular complexity index is 2470. The molecule has 0 fully saturated rings. The van der Waals surface area contributed by atoms with Crippen molar-refractivity contribution in [1.29, 1.82) is 0 Å². The smallest absolute Gasteiger partial charge is 0.305 e. The molecule has 0 radical (unpaired) electrons. The van der Waals surface area contributed by atoms with Gasteiger partial charge in [0, 0.05) is 82.3 Å². The first-order valence-electron chi connectivity index (χ1n) is 22.4. The Hall–Kier alpha value is -4.08. The van der Waals surface area contributed by atoms with E-state index in [9.17, 15) is 53.3 Å². The molecule has 0 spiro atoms. The number of unbranched alkanes of at least 4 members (excludes halogenated alkanes) is 6. The van der Waals surface area contributed by atoms with Crippen molar-refractivity contribution < 1.29 is 67.2 Å². The predicted octanol–water partition coefficient (Wildman–Crippen LogP) is 6.17. The number of esters is 1. The van der Waals surface area contributed by atoms with Gasteiger partial charge in [-0.25, -0.2) is 0 Å². The Morgan fingerprint density at radius 3 is 1.42 bits per heavy atom. The zero-order valence-corrected chi connectivity index (χ0v) is 40.8. The second kappa shape index (κ2) is 23.1. The van der Waals surface area contributed by atoms with Crippen LogP contribution in [-0.4, -0.2) is 116 Å². The monoisotopic (exact) mass is 968 g/mol. The number of fused-ring (bicyclic) bond motifs is 2. The van der Waals surface area contributed by atoms with Crippen molar-refractivity contribution >= 4 is 70.9 Å². The van der Waals surface area contributed by atoms with Gasteiger partial charge in [-0.1, -0.05) is 25.7 Å². The first-order valence-corrected chi connectivity index (χ1v) is 26.9. The molecule has 2 aromatic carbocycles. The maximum Gasteiger partial charge on any atom is 0.305 e. The second-order valence-electron chi connectivity index (χ2n) is 17.6. The van der Waals surface area contributed by atoms with Crippen LogP contribution in [0.5, 0.6) is 0 Å². The molecule has 2 aromatic rings. The number of nitrogens with one attached hydrogen (secondary N) is 2. The summed E-state index contributed by atoms with van der Waals surface area (Å²) in [6.45, 7) is 9.81. The van der Waals surface area contributed by atoms with Gasteiger partial charge in [0.1, 0.15) is 13.1 Å². The summed E-state index contributed by atoms with van der Waals surface area (Å²) in [5.74, 6) is -0.824. The van der Waals surface area contributed by atoms with Crippen LogP contribution in [0.15, 0.2) is 46.2 Å². The Balaban J connectivity index is 1.15. The third-order valence-electron chi connectivity index (χ3n) is 13.1. The normalized spacial score (nSPS) is 18.5. The lowest BCUT2D eigenvalue weighted by atomic mass is 9.76. The van der Waals surface area contributed by atoms with Gasteiger partial charge in [-0.15, -0.1) is 0 Å². The van der Waals surface area contributed by atoms with Gasteiger partial charge in [-0.3, -0.25) is 28.0 Å². The first-order chi connectivity index (χ1) is 30.4. The Kier molecular flexibility index (Phi) is 19.0. The number of nitrogens with zero attached hydrogens (tertiary/aromatic N) is 2. The largest absolute Gasteiger partial charge is 0.469 e. The Morgan fingerprint density at radius 2 is 1.00 bits per heavy atom. The molecule has 5 N–H and O–H groups in total. The molecular formula is C45H68N4O13S3+2. The highest BCUT2D eigenvalue weighted by atomic mass is 32.2. The van der Waals surface area contributed by atoms with E-state index in [0.717, 1.165) is 61.2 Å². The van der Waals surface area contributed by atoms with E-state index in [1.165, 1.54) is 25.3 Å². The van der Waals surface area contributed by atoms with Gasteiger partial charge in [0.2, 0.25) is 23.2 Å². The standard InChI is InChI=1S/C45H66N4O13S3/c1-33-44(3,25-13-7-11-19-43(52)62-5)37-31-35(64(56,57)58)20-22-39(37)48(33)28-14-8-10-18-42(51)47-27-15-26-46-41(50)17-9-6-12-24-45(4)34(2)49(29-16-30-63(53,54)55)40-23-21-36(32-38(40)45)65(59,60)61/h20-23,31-32H,6-19,24-30H2,1-5H3,(H3-2,46,47,50,51,53,54,55,56,57,58,59,60,61)/p+2. The number of hydrogen-bond donors (Lipinski definition) is 5. The van der Waals surface area contributed by atoms with Crippen molar-refractivity contribution in [2.45, 2.75) is 151 Å². The molecule has 4 rings (SSSR count). The zero-order chi connectivity index (χ0) is 48.2. The minimum atomic E-state index is -4.46. The zero-order valence-electron chi connectivity index (χ0n) is 38.4. The van der Waals surface area contributed by atoms with E-state index in [2.05, 4.69) is 22.1 Å². The number of amides is 2. The van der Waals surface area contributed by atoms with E-state index in [-0.39, 0.29) is 40.5 Å². The third-order valence-corrected chi connectivity index (χ3v) is 15.6. The molecule has 2 unspecified atom stereocenters. The molecule has 362 valence electrons. The van der Waals surface area contributed by atoms with Crippen LogP contribution < -0.4 is 10.6 Å². The highest BCUT2D eigenvalue weighted by Crippen LogP contribution is 2.45. The van der Waals surface area contributed by atoms with E-state index < -0.39 is 46.9 Å². The molecule has 0 saturated carbocycles. The molecule has 2 atom stereocenters. The maximum absolute atomic E-state index is 12.6. The average molecular weight is 969 g/mol. The lowest BCUT2D eigenvalue weighted by Gasteiger charge is -2.22. The molecule has 0 saturated heterocycles. The fourth-order valence-electron chi connectivity index (χ4n) is 9.09. The number of hydrogen-bond acceptors (Lipinski definition) is 10. The summed E-state index contributed by atoms with van der Waals surface area (Å²) in [6.07, 6.45) is 9.79. The molecule has 0 aromatic heterocycles. The van der Waals surface area contributed by atoms with Crippen LogP contribution in [0.25, 0.3) is 0 Å². The summed E-state index contributed by atoms with van der Waals surface area (Å²) < 4.78 is 108. The minimum Gasteiger partial charge on any atom is -0.469 e. The molecular weight excluding hydrogens is 901 g/mol. The van der Waals surface area contributed by atoms with Crippen LogP contribution in [0.1, 0.15) is 142 Å². The molecule has 65 heavy (non-hydrogen) atoms. The highest BCUT2D eigenvalue weighted by molar-refractivity contribution is 7.86. The Labute approximate surface area is 384 Å². The number of rotatable bonds is 28. The van der Waals surface area contributed by atoms with Crippen LogP contribution in [0.4, 0.5) is 11.4 Å². The van der Waals surface area contributed by atoms with Crippen molar-refractivity contribution in [3.8, 4) is 0 Å². The molecule has 2 aliphatic rings. The molecule has 2 heterocycles. The summed E-state index contributed by atoms with van der Waals surface area (Å²) in [4.78, 5) is 36.3. The fraction of sp³-hybridized carbons (Fsp3) is 0.622. The van der Waals surface area contributed by atoms with Gasteiger partial charge in [-0.2, -0.15) is 34.4 Å². The van der Waals surface area contributed by atoms with Crippen molar-refractivity contribution in [3.63, 3.8) is 0 Å². The van der Waals surface area contributed by atoms with Crippen LogP contribution in [0.3, 0.4) is 0 Å². The van der Waals surface area contributed by atoms with Gasteiger partial charge in [0.15, 0.2) is 11.4 Å². The minimum absolute atomic E-state index is 0.0652. The molecule has 2 amide bonds. The van der Waals surface area contributed by atoms with Crippen molar-refractivity contribution in [2.75, 3.05) is 39.0 Å². The van der Waals surface area contributed by atoms with Crippen LogP contribution in [0.2, 0.25) is 0 Å². The predicted molar refractivity (Wildman–Crippen MR) is 246 cm³/mol. The number of benzene rings is 2. The van der Waals surface area contributed by atoms with Gasteiger partial charge >= 0.3 is 5.97 Å². The molecule has 0 bridgehead atoms. The topological polar surface area (TPSA) is 254 Å². The summed E-state index contributed by atoms with van der Waals surface area (Å²) >= 11 is 0. The highest BCUT2D eigenvalue weighted by Gasteiger charge is 2.48. The van der Waals surface area contributed by atoms with Crippen LogP contribution >= 0.6 is 0 Å². The molecule has 20 heteroatoms. The van der Waals surface area contributed by atoms with Gasteiger partial charge in [-0.05, 0) is 83.1 Å². The van der Waals surface area contributed by atoms with E-state index in [1.807, 2.05) is 25.3 Å².